The van der Waals surface area contributed by atoms with Crippen LogP contribution in [0, 0.1) is 17.8 Å². The van der Waals surface area contributed by atoms with E-state index in [1.54, 1.807) is 0 Å². The van der Waals surface area contributed by atoms with E-state index >= 15 is 0 Å². The molecule has 0 saturated heterocycles. The van der Waals surface area contributed by atoms with Gasteiger partial charge in [0.15, 0.2) is 0 Å². The fraction of sp³-hybridized carbons (Fsp3) is 1.00. The van der Waals surface area contributed by atoms with Crippen molar-refractivity contribution in [2.45, 2.75) is 71.3 Å². The maximum atomic E-state index is 3.89. The summed E-state index contributed by atoms with van der Waals surface area (Å²) in [5, 5.41) is 3.89. The van der Waals surface area contributed by atoms with Gasteiger partial charge in [0.2, 0.25) is 0 Å². The maximum Gasteiger partial charge on any atom is 0.0118 e. The third-order valence-electron chi connectivity index (χ3n) is 4.91. The van der Waals surface area contributed by atoms with Crippen LogP contribution in [0.15, 0.2) is 0 Å². The van der Waals surface area contributed by atoms with E-state index in [0.717, 1.165) is 23.8 Å². The molecule has 0 aromatic rings. The lowest BCUT2D eigenvalue weighted by atomic mass is 9.78. The van der Waals surface area contributed by atoms with Crippen molar-refractivity contribution in [2.75, 3.05) is 6.54 Å². The Morgan fingerprint density at radius 3 is 2.06 bits per heavy atom. The highest BCUT2D eigenvalue weighted by atomic mass is 14.9. The van der Waals surface area contributed by atoms with E-state index in [9.17, 15) is 0 Å². The van der Waals surface area contributed by atoms with E-state index in [-0.39, 0.29) is 0 Å². The van der Waals surface area contributed by atoms with Crippen molar-refractivity contribution in [2.24, 2.45) is 17.8 Å². The van der Waals surface area contributed by atoms with Crippen LogP contribution in [0.25, 0.3) is 0 Å². The van der Waals surface area contributed by atoms with Gasteiger partial charge in [-0.05, 0) is 50.0 Å². The molecule has 2 aliphatic carbocycles. The van der Waals surface area contributed by atoms with Gasteiger partial charge in [-0.15, -0.1) is 0 Å². The zero-order valence-corrected chi connectivity index (χ0v) is 11.2. The van der Waals surface area contributed by atoms with Crippen molar-refractivity contribution in [1.82, 2.24) is 5.32 Å². The highest BCUT2D eigenvalue weighted by Gasteiger charge is 2.27. The zero-order chi connectivity index (χ0) is 11.4. The van der Waals surface area contributed by atoms with E-state index in [2.05, 4.69) is 19.2 Å². The quantitative estimate of drug-likeness (QED) is 0.763. The molecule has 0 aromatic heterocycles. The summed E-state index contributed by atoms with van der Waals surface area (Å²) in [5.41, 5.74) is 0. The summed E-state index contributed by atoms with van der Waals surface area (Å²) in [6, 6.07) is 0.802. The minimum absolute atomic E-state index is 0.802. The fourth-order valence-electron chi connectivity index (χ4n) is 3.78. The van der Waals surface area contributed by atoms with Gasteiger partial charge in [-0.25, -0.2) is 0 Å². The van der Waals surface area contributed by atoms with Crippen molar-refractivity contribution >= 4 is 0 Å². The van der Waals surface area contributed by atoms with E-state index in [0.29, 0.717) is 0 Å². The summed E-state index contributed by atoms with van der Waals surface area (Å²) in [6.45, 7) is 6.17. The van der Waals surface area contributed by atoms with E-state index in [4.69, 9.17) is 0 Å². The van der Waals surface area contributed by atoms with Crippen molar-refractivity contribution in [3.05, 3.63) is 0 Å². The first-order valence-corrected chi connectivity index (χ1v) is 7.50. The van der Waals surface area contributed by atoms with Crippen LogP contribution in [0.1, 0.15) is 65.2 Å². The molecule has 0 aliphatic heterocycles. The number of hydrogen-bond donors (Lipinski definition) is 1. The predicted octanol–water partition coefficient (Wildman–Crippen LogP) is 3.98. The van der Waals surface area contributed by atoms with Crippen molar-refractivity contribution in [3.8, 4) is 0 Å². The molecule has 2 unspecified atom stereocenters. The Morgan fingerprint density at radius 1 is 0.812 bits per heavy atom. The van der Waals surface area contributed by atoms with Crippen LogP contribution in [-0.2, 0) is 0 Å². The smallest absolute Gasteiger partial charge is 0.0118 e. The topological polar surface area (TPSA) is 12.0 Å². The van der Waals surface area contributed by atoms with E-state index in [1.165, 1.54) is 57.9 Å². The molecule has 0 heterocycles. The Kier molecular flexibility index (Phi) is 4.69. The molecule has 2 rings (SSSR count). The molecule has 16 heavy (non-hydrogen) atoms. The largest absolute Gasteiger partial charge is 0.313 e. The van der Waals surface area contributed by atoms with Crippen molar-refractivity contribution in [1.29, 1.82) is 0 Å². The van der Waals surface area contributed by atoms with Gasteiger partial charge in [-0.1, -0.05) is 39.5 Å². The molecule has 0 aromatic carbocycles. The number of hydrogen-bond acceptors (Lipinski definition) is 1. The van der Waals surface area contributed by atoms with Crippen LogP contribution in [-0.4, -0.2) is 12.6 Å². The first kappa shape index (κ1) is 12.4. The first-order chi connectivity index (χ1) is 7.77. The molecule has 0 bridgehead atoms. The molecule has 1 nitrogen and oxygen atoms in total. The van der Waals surface area contributed by atoms with Crippen LogP contribution in [0.3, 0.4) is 0 Å². The average molecular weight is 223 g/mol. The standard InChI is InChI=1S/C15H29N/c1-12-7-6-8-13(2)15(12)16-11-14-9-4-3-5-10-14/h12-16H,3-11H2,1-2H3. The zero-order valence-electron chi connectivity index (χ0n) is 11.2. The van der Waals surface area contributed by atoms with Crippen LogP contribution in [0.4, 0.5) is 0 Å². The Hall–Kier alpha value is -0.0400. The monoisotopic (exact) mass is 223 g/mol. The first-order valence-electron chi connectivity index (χ1n) is 7.50. The van der Waals surface area contributed by atoms with E-state index in [1.807, 2.05) is 0 Å². The Labute approximate surface area is 101 Å². The summed E-state index contributed by atoms with van der Waals surface area (Å²) in [6.07, 6.45) is 11.7. The molecule has 0 amide bonds. The molecule has 2 atom stereocenters. The molecule has 0 radical (unpaired) electrons. The molecular weight excluding hydrogens is 194 g/mol. The molecule has 2 aliphatic rings. The SMILES string of the molecule is CC1CCCC(C)C1NCC1CCCCC1. The third kappa shape index (κ3) is 3.23. The second kappa shape index (κ2) is 6.05. The van der Waals surface area contributed by atoms with Crippen LogP contribution in [0.5, 0.6) is 0 Å². The van der Waals surface area contributed by atoms with E-state index < -0.39 is 0 Å². The summed E-state index contributed by atoms with van der Waals surface area (Å²) in [7, 11) is 0. The highest BCUT2D eigenvalue weighted by molar-refractivity contribution is 4.84. The van der Waals surface area contributed by atoms with Crippen LogP contribution < -0.4 is 5.32 Å². The summed E-state index contributed by atoms with van der Waals surface area (Å²) in [4.78, 5) is 0. The average Bonchev–Trinajstić information content (AvgIpc) is 2.30. The fourth-order valence-corrected chi connectivity index (χ4v) is 3.78. The minimum atomic E-state index is 0.802. The number of rotatable bonds is 3. The second-order valence-electron chi connectivity index (χ2n) is 6.32. The lowest BCUT2D eigenvalue weighted by Gasteiger charge is -2.36. The minimum Gasteiger partial charge on any atom is -0.313 e. The summed E-state index contributed by atoms with van der Waals surface area (Å²) >= 11 is 0. The third-order valence-corrected chi connectivity index (χ3v) is 4.91. The summed E-state index contributed by atoms with van der Waals surface area (Å²) in [5.74, 6) is 2.77. The normalized spacial score (nSPS) is 37.5. The Bertz CT molecular complexity index is 186. The highest BCUT2D eigenvalue weighted by Crippen LogP contribution is 2.30. The van der Waals surface area contributed by atoms with Crippen LogP contribution in [0.2, 0.25) is 0 Å². The summed E-state index contributed by atoms with van der Waals surface area (Å²) < 4.78 is 0. The maximum absolute atomic E-state index is 3.89. The van der Waals surface area contributed by atoms with Crippen molar-refractivity contribution in [3.63, 3.8) is 0 Å². The Morgan fingerprint density at radius 2 is 1.44 bits per heavy atom. The second-order valence-corrected chi connectivity index (χ2v) is 6.32. The van der Waals surface area contributed by atoms with Gasteiger partial charge in [0, 0.05) is 6.04 Å². The lowest BCUT2D eigenvalue weighted by molar-refractivity contribution is 0.194. The van der Waals surface area contributed by atoms with Gasteiger partial charge < -0.3 is 5.32 Å². The molecule has 2 fully saturated rings. The molecular formula is C15H29N. The lowest BCUT2D eigenvalue weighted by Crippen LogP contribution is -2.44. The molecule has 94 valence electrons. The predicted molar refractivity (Wildman–Crippen MR) is 70.5 cm³/mol. The molecule has 0 spiro atoms. The van der Waals surface area contributed by atoms with Gasteiger partial charge >= 0.3 is 0 Å². The van der Waals surface area contributed by atoms with Gasteiger partial charge in [0.1, 0.15) is 0 Å². The van der Waals surface area contributed by atoms with Gasteiger partial charge in [0.05, 0.1) is 0 Å². The van der Waals surface area contributed by atoms with Crippen LogP contribution >= 0.6 is 0 Å². The molecule has 1 N–H and O–H groups in total. The van der Waals surface area contributed by atoms with Crippen molar-refractivity contribution < 1.29 is 0 Å². The molecule has 1 heteroatoms. The Balaban J connectivity index is 1.74. The van der Waals surface area contributed by atoms with Gasteiger partial charge in [0.25, 0.3) is 0 Å². The van der Waals surface area contributed by atoms with Gasteiger partial charge in [-0.2, -0.15) is 0 Å². The van der Waals surface area contributed by atoms with Gasteiger partial charge in [-0.3, -0.25) is 0 Å². The number of nitrogens with one attached hydrogen (secondary N) is 1. The molecule has 2 saturated carbocycles.